The van der Waals surface area contributed by atoms with E-state index in [1.807, 2.05) is 7.05 Å². The summed E-state index contributed by atoms with van der Waals surface area (Å²) in [5.74, 6) is -0.170. The van der Waals surface area contributed by atoms with Crippen LogP contribution in [0.15, 0.2) is 22.7 Å². The first-order chi connectivity index (χ1) is 7.44. The first kappa shape index (κ1) is 13.6. The summed E-state index contributed by atoms with van der Waals surface area (Å²) >= 11 is 3.34. The Balaban J connectivity index is 2.63. The van der Waals surface area contributed by atoms with Crippen LogP contribution in [0, 0.1) is 5.82 Å². The van der Waals surface area contributed by atoms with Crippen molar-refractivity contribution in [1.29, 1.82) is 0 Å². The van der Waals surface area contributed by atoms with Crippen LogP contribution in [0.25, 0.3) is 0 Å². The van der Waals surface area contributed by atoms with Gasteiger partial charge in [-0.25, -0.2) is 4.39 Å². The van der Waals surface area contributed by atoms with Crippen molar-refractivity contribution >= 4 is 15.9 Å². The van der Waals surface area contributed by atoms with Crippen LogP contribution in [0.5, 0.6) is 0 Å². The second-order valence-corrected chi connectivity index (χ2v) is 5.42. The largest absolute Gasteiger partial charge is 0.318 e. The molecular weight excluding hydrogens is 271 g/mol. The van der Waals surface area contributed by atoms with Crippen LogP contribution in [0.1, 0.15) is 19.4 Å². The molecule has 0 amide bonds. The highest BCUT2D eigenvalue weighted by atomic mass is 79.9. The zero-order valence-electron chi connectivity index (χ0n) is 9.90. The van der Waals surface area contributed by atoms with Crippen molar-refractivity contribution in [2.24, 2.45) is 0 Å². The van der Waals surface area contributed by atoms with Crippen molar-refractivity contribution in [3.63, 3.8) is 0 Å². The van der Waals surface area contributed by atoms with Gasteiger partial charge < -0.3 is 10.6 Å². The second kappa shape index (κ2) is 5.75. The summed E-state index contributed by atoms with van der Waals surface area (Å²) in [6.07, 6.45) is 0. The van der Waals surface area contributed by atoms with E-state index in [0.29, 0.717) is 12.1 Å². The van der Waals surface area contributed by atoms with Gasteiger partial charge in [-0.3, -0.25) is 0 Å². The number of hydrogen-bond donors (Lipinski definition) is 2. The average molecular weight is 289 g/mol. The van der Waals surface area contributed by atoms with Gasteiger partial charge in [0, 0.05) is 28.7 Å². The molecule has 0 radical (unpaired) electrons. The number of halogens is 2. The molecule has 0 unspecified atom stereocenters. The molecule has 0 fully saturated rings. The van der Waals surface area contributed by atoms with Crippen molar-refractivity contribution in [3.05, 3.63) is 34.1 Å². The summed E-state index contributed by atoms with van der Waals surface area (Å²) < 4.78 is 14.4. The van der Waals surface area contributed by atoms with Gasteiger partial charge >= 0.3 is 0 Å². The zero-order valence-corrected chi connectivity index (χ0v) is 11.5. The summed E-state index contributed by atoms with van der Waals surface area (Å²) in [6.45, 7) is 5.53. The molecule has 0 bridgehead atoms. The van der Waals surface area contributed by atoms with E-state index in [9.17, 15) is 4.39 Å². The Morgan fingerprint density at radius 3 is 2.69 bits per heavy atom. The van der Waals surface area contributed by atoms with E-state index in [1.54, 1.807) is 12.1 Å². The standard InChI is InChI=1S/C12H18BrFN2/c1-12(2,8-15-3)16-7-9-6-10(13)4-5-11(9)14/h4-6,15-16H,7-8H2,1-3H3. The lowest BCUT2D eigenvalue weighted by Gasteiger charge is -2.26. The Kier molecular flexibility index (Phi) is 4.89. The fraction of sp³-hybridized carbons (Fsp3) is 0.500. The lowest BCUT2D eigenvalue weighted by Crippen LogP contribution is -2.46. The molecule has 1 aromatic carbocycles. The Morgan fingerprint density at radius 2 is 2.06 bits per heavy atom. The number of benzene rings is 1. The number of likely N-dealkylation sites (N-methyl/N-ethyl adjacent to an activating group) is 1. The van der Waals surface area contributed by atoms with Gasteiger partial charge in [0.05, 0.1) is 0 Å². The van der Waals surface area contributed by atoms with E-state index in [-0.39, 0.29) is 11.4 Å². The first-order valence-corrected chi connectivity index (χ1v) is 6.07. The highest BCUT2D eigenvalue weighted by Crippen LogP contribution is 2.16. The van der Waals surface area contributed by atoms with Crippen LogP contribution >= 0.6 is 15.9 Å². The quantitative estimate of drug-likeness (QED) is 0.871. The van der Waals surface area contributed by atoms with Crippen molar-refractivity contribution in [1.82, 2.24) is 10.6 Å². The molecule has 0 spiro atoms. The van der Waals surface area contributed by atoms with E-state index in [0.717, 1.165) is 11.0 Å². The van der Waals surface area contributed by atoms with Crippen LogP contribution in [0.3, 0.4) is 0 Å². The molecule has 0 saturated carbocycles. The fourth-order valence-corrected chi connectivity index (χ4v) is 1.93. The highest BCUT2D eigenvalue weighted by Gasteiger charge is 2.16. The summed E-state index contributed by atoms with van der Waals surface area (Å²) in [4.78, 5) is 0. The van der Waals surface area contributed by atoms with Crippen molar-refractivity contribution in [3.8, 4) is 0 Å². The summed E-state index contributed by atoms with van der Waals surface area (Å²) in [5, 5.41) is 6.43. The molecule has 0 heterocycles. The molecule has 1 aromatic rings. The Morgan fingerprint density at radius 1 is 1.38 bits per heavy atom. The lowest BCUT2D eigenvalue weighted by molar-refractivity contribution is 0.370. The summed E-state index contributed by atoms with van der Waals surface area (Å²) in [5.41, 5.74) is 0.627. The van der Waals surface area contributed by atoms with Crippen LogP contribution in [0.2, 0.25) is 0 Å². The van der Waals surface area contributed by atoms with Gasteiger partial charge in [-0.2, -0.15) is 0 Å². The molecule has 2 nitrogen and oxygen atoms in total. The number of rotatable bonds is 5. The minimum absolute atomic E-state index is 0.0521. The molecule has 1 rings (SSSR count). The summed E-state index contributed by atoms with van der Waals surface area (Å²) in [7, 11) is 1.91. The van der Waals surface area contributed by atoms with Crippen molar-refractivity contribution < 1.29 is 4.39 Å². The second-order valence-electron chi connectivity index (χ2n) is 4.50. The van der Waals surface area contributed by atoms with Gasteiger partial charge in [0.15, 0.2) is 0 Å². The third-order valence-corrected chi connectivity index (χ3v) is 2.88. The molecule has 0 aliphatic heterocycles. The molecule has 90 valence electrons. The van der Waals surface area contributed by atoms with E-state index in [4.69, 9.17) is 0 Å². The molecule has 4 heteroatoms. The third kappa shape index (κ3) is 4.20. The Labute approximate surface area is 105 Å². The maximum absolute atomic E-state index is 13.5. The average Bonchev–Trinajstić information content (AvgIpc) is 2.19. The first-order valence-electron chi connectivity index (χ1n) is 5.28. The monoisotopic (exact) mass is 288 g/mol. The van der Waals surface area contributed by atoms with Gasteiger partial charge in [0.1, 0.15) is 5.82 Å². The zero-order chi connectivity index (χ0) is 12.2. The molecule has 0 aromatic heterocycles. The smallest absolute Gasteiger partial charge is 0.127 e. The minimum atomic E-state index is -0.170. The van der Waals surface area contributed by atoms with Crippen LogP contribution in [-0.2, 0) is 6.54 Å². The predicted octanol–water partition coefficient (Wildman–Crippen LogP) is 2.68. The molecule has 0 atom stereocenters. The fourth-order valence-electron chi connectivity index (χ4n) is 1.52. The van der Waals surface area contributed by atoms with Crippen molar-refractivity contribution in [2.75, 3.05) is 13.6 Å². The van der Waals surface area contributed by atoms with E-state index < -0.39 is 0 Å². The van der Waals surface area contributed by atoms with Gasteiger partial charge in [0.25, 0.3) is 0 Å². The Hall–Kier alpha value is -0.450. The van der Waals surface area contributed by atoms with Gasteiger partial charge in [0.2, 0.25) is 0 Å². The molecule has 2 N–H and O–H groups in total. The predicted molar refractivity (Wildman–Crippen MR) is 68.9 cm³/mol. The molecule has 16 heavy (non-hydrogen) atoms. The van der Waals surface area contributed by atoms with Crippen molar-refractivity contribution in [2.45, 2.75) is 25.9 Å². The molecule has 0 saturated heterocycles. The SMILES string of the molecule is CNCC(C)(C)NCc1cc(Br)ccc1F. The molecule has 0 aliphatic rings. The van der Waals surface area contributed by atoms with Gasteiger partial charge in [-0.1, -0.05) is 15.9 Å². The van der Waals surface area contributed by atoms with Crippen LogP contribution in [0.4, 0.5) is 4.39 Å². The molecule has 0 aliphatic carbocycles. The number of nitrogens with one attached hydrogen (secondary N) is 2. The topological polar surface area (TPSA) is 24.1 Å². The van der Waals surface area contributed by atoms with E-state index in [2.05, 4.69) is 40.4 Å². The maximum Gasteiger partial charge on any atom is 0.127 e. The number of hydrogen-bond acceptors (Lipinski definition) is 2. The lowest BCUT2D eigenvalue weighted by atomic mass is 10.1. The van der Waals surface area contributed by atoms with Crippen LogP contribution in [-0.4, -0.2) is 19.1 Å². The van der Waals surface area contributed by atoms with E-state index >= 15 is 0 Å². The van der Waals surface area contributed by atoms with Gasteiger partial charge in [-0.15, -0.1) is 0 Å². The van der Waals surface area contributed by atoms with E-state index in [1.165, 1.54) is 6.07 Å². The summed E-state index contributed by atoms with van der Waals surface area (Å²) in [6, 6.07) is 4.99. The maximum atomic E-state index is 13.5. The van der Waals surface area contributed by atoms with Crippen LogP contribution < -0.4 is 10.6 Å². The molecular formula is C12H18BrFN2. The minimum Gasteiger partial charge on any atom is -0.318 e. The van der Waals surface area contributed by atoms with Gasteiger partial charge in [-0.05, 0) is 39.1 Å². The third-order valence-electron chi connectivity index (χ3n) is 2.38. The Bertz CT molecular complexity index is 353. The normalized spacial score (nSPS) is 11.8. The highest BCUT2D eigenvalue weighted by molar-refractivity contribution is 9.10.